The Balaban J connectivity index is 1.82. The molecule has 146 valence electrons. The Labute approximate surface area is 180 Å². The molecule has 0 aliphatic heterocycles. The van der Waals surface area contributed by atoms with Crippen LogP contribution in [0.15, 0.2) is 64.8 Å². The van der Waals surface area contributed by atoms with Crippen LogP contribution >= 0.6 is 22.9 Å². The van der Waals surface area contributed by atoms with Crippen LogP contribution in [0.25, 0.3) is 12.2 Å². The van der Waals surface area contributed by atoms with Gasteiger partial charge in [-0.3, -0.25) is 0 Å². The van der Waals surface area contributed by atoms with Crippen LogP contribution in [0.3, 0.4) is 0 Å². The number of benzene rings is 2. The van der Waals surface area contributed by atoms with E-state index in [0.29, 0.717) is 15.6 Å². The SMILES string of the molecule is CCN(CC)c1ccc(N=Nc2sc(/C=C/c3ccccc3)c(Cl)c2C#N)cc1. The fraction of sp³-hybridized carbons (Fsp3) is 0.174. The van der Waals surface area contributed by atoms with E-state index in [4.69, 9.17) is 11.6 Å². The van der Waals surface area contributed by atoms with Crippen molar-refractivity contribution in [3.63, 3.8) is 0 Å². The topological polar surface area (TPSA) is 51.8 Å². The normalized spacial score (nSPS) is 11.2. The number of nitriles is 1. The molecule has 1 heterocycles. The van der Waals surface area contributed by atoms with E-state index in [1.807, 2.05) is 66.7 Å². The smallest absolute Gasteiger partial charge is 0.158 e. The third-order valence-corrected chi connectivity index (χ3v) is 5.97. The summed E-state index contributed by atoms with van der Waals surface area (Å²) in [6.45, 7) is 6.17. The molecule has 0 amide bonds. The van der Waals surface area contributed by atoms with Gasteiger partial charge in [-0.2, -0.15) is 5.26 Å². The van der Waals surface area contributed by atoms with Gasteiger partial charge in [-0.1, -0.05) is 48.0 Å². The highest BCUT2D eigenvalue weighted by molar-refractivity contribution is 7.17. The summed E-state index contributed by atoms with van der Waals surface area (Å²) in [5.41, 5.74) is 3.30. The molecule has 0 saturated carbocycles. The van der Waals surface area contributed by atoms with Gasteiger partial charge >= 0.3 is 0 Å². The zero-order valence-electron chi connectivity index (χ0n) is 16.3. The molecular formula is C23H21ClN4S. The quantitative estimate of drug-likeness (QED) is 0.367. The number of hydrogen-bond acceptors (Lipinski definition) is 5. The number of anilines is 1. The molecule has 29 heavy (non-hydrogen) atoms. The molecule has 0 bridgehead atoms. The maximum absolute atomic E-state index is 9.49. The van der Waals surface area contributed by atoms with Gasteiger partial charge in [0.05, 0.1) is 10.7 Å². The molecule has 0 aliphatic rings. The molecule has 0 N–H and O–H groups in total. The third-order valence-electron chi connectivity index (χ3n) is 4.43. The maximum atomic E-state index is 9.49. The van der Waals surface area contributed by atoms with E-state index in [2.05, 4.69) is 35.0 Å². The molecule has 1 aromatic heterocycles. The summed E-state index contributed by atoms with van der Waals surface area (Å²) in [6, 6.07) is 20.0. The molecule has 0 fully saturated rings. The lowest BCUT2D eigenvalue weighted by atomic mass is 10.2. The lowest BCUT2D eigenvalue weighted by molar-refractivity contribution is 0.866. The van der Waals surface area contributed by atoms with Crippen LogP contribution in [-0.2, 0) is 0 Å². The lowest BCUT2D eigenvalue weighted by Crippen LogP contribution is -2.21. The minimum Gasteiger partial charge on any atom is -0.372 e. The minimum atomic E-state index is 0.355. The van der Waals surface area contributed by atoms with Gasteiger partial charge in [0, 0.05) is 23.7 Å². The molecule has 6 heteroatoms. The summed E-state index contributed by atoms with van der Waals surface area (Å²) in [5, 5.41) is 19.0. The van der Waals surface area contributed by atoms with E-state index in [1.54, 1.807) is 0 Å². The molecule has 0 saturated heterocycles. The van der Waals surface area contributed by atoms with Crippen molar-refractivity contribution in [2.45, 2.75) is 13.8 Å². The number of thiophene rings is 1. The highest BCUT2D eigenvalue weighted by Gasteiger charge is 2.15. The Morgan fingerprint density at radius 1 is 1.00 bits per heavy atom. The second kappa shape index (κ2) is 10.0. The van der Waals surface area contributed by atoms with E-state index < -0.39 is 0 Å². The van der Waals surface area contributed by atoms with Gasteiger partial charge in [0.2, 0.25) is 0 Å². The van der Waals surface area contributed by atoms with Crippen molar-refractivity contribution in [1.29, 1.82) is 5.26 Å². The van der Waals surface area contributed by atoms with Crippen LogP contribution in [0.4, 0.5) is 16.4 Å². The minimum absolute atomic E-state index is 0.355. The molecule has 3 rings (SSSR count). The number of hydrogen-bond donors (Lipinski definition) is 0. The molecule has 4 nitrogen and oxygen atoms in total. The van der Waals surface area contributed by atoms with Crippen LogP contribution in [0.5, 0.6) is 0 Å². The Morgan fingerprint density at radius 3 is 2.31 bits per heavy atom. The van der Waals surface area contributed by atoms with Crippen LogP contribution < -0.4 is 4.90 Å². The van der Waals surface area contributed by atoms with Crippen molar-refractivity contribution < 1.29 is 0 Å². The van der Waals surface area contributed by atoms with E-state index >= 15 is 0 Å². The molecule has 0 radical (unpaired) electrons. The second-order valence-electron chi connectivity index (χ2n) is 6.20. The van der Waals surface area contributed by atoms with Crippen molar-refractivity contribution >= 4 is 51.5 Å². The summed E-state index contributed by atoms with van der Waals surface area (Å²) in [4.78, 5) is 3.05. The second-order valence-corrected chi connectivity index (χ2v) is 7.61. The van der Waals surface area contributed by atoms with Gasteiger partial charge in [-0.05, 0) is 49.8 Å². The van der Waals surface area contributed by atoms with Gasteiger partial charge in [0.15, 0.2) is 5.00 Å². The largest absolute Gasteiger partial charge is 0.372 e. The first-order valence-electron chi connectivity index (χ1n) is 9.38. The Morgan fingerprint density at radius 2 is 1.69 bits per heavy atom. The van der Waals surface area contributed by atoms with Crippen LogP contribution in [0.2, 0.25) is 5.02 Å². The molecule has 2 aromatic carbocycles. The predicted molar refractivity (Wildman–Crippen MR) is 124 cm³/mol. The summed E-state index contributed by atoms with van der Waals surface area (Å²) >= 11 is 7.75. The fourth-order valence-electron chi connectivity index (χ4n) is 2.85. The van der Waals surface area contributed by atoms with Crippen molar-refractivity contribution in [1.82, 2.24) is 0 Å². The number of azo groups is 1. The van der Waals surface area contributed by atoms with E-state index in [-0.39, 0.29) is 0 Å². The standard InChI is InChI=1S/C23H21ClN4S/c1-3-28(4-2)19-13-11-18(12-14-19)26-27-23-20(16-25)22(24)21(29-23)15-10-17-8-6-5-7-9-17/h5-15H,3-4H2,1-2H3/b15-10+,27-26?. The van der Waals surface area contributed by atoms with Crippen LogP contribution in [0.1, 0.15) is 29.9 Å². The van der Waals surface area contributed by atoms with E-state index in [1.165, 1.54) is 11.3 Å². The molecular weight excluding hydrogens is 400 g/mol. The fourth-order valence-corrected chi connectivity index (χ4v) is 4.08. The number of halogens is 1. The van der Waals surface area contributed by atoms with Crippen molar-refractivity contribution in [3.8, 4) is 6.07 Å². The Kier molecular flexibility index (Phi) is 7.18. The highest BCUT2D eigenvalue weighted by atomic mass is 35.5. The zero-order valence-corrected chi connectivity index (χ0v) is 17.9. The van der Waals surface area contributed by atoms with Gasteiger partial charge in [0.25, 0.3) is 0 Å². The molecule has 0 unspecified atom stereocenters. The number of rotatable bonds is 7. The molecule has 3 aromatic rings. The van der Waals surface area contributed by atoms with Crippen LogP contribution in [-0.4, -0.2) is 13.1 Å². The van der Waals surface area contributed by atoms with Crippen molar-refractivity contribution in [3.05, 3.63) is 75.6 Å². The van der Waals surface area contributed by atoms with Gasteiger partial charge in [-0.25, -0.2) is 0 Å². The predicted octanol–water partition coefficient (Wildman–Crippen LogP) is 7.71. The summed E-state index contributed by atoms with van der Waals surface area (Å²) < 4.78 is 0. The average Bonchev–Trinajstić information content (AvgIpc) is 3.07. The zero-order chi connectivity index (χ0) is 20.6. The summed E-state index contributed by atoms with van der Waals surface area (Å²) in [5.74, 6) is 0. The third kappa shape index (κ3) is 5.11. The van der Waals surface area contributed by atoms with E-state index in [9.17, 15) is 5.26 Å². The Bertz CT molecular complexity index is 1040. The van der Waals surface area contributed by atoms with Gasteiger partial charge in [0.1, 0.15) is 11.6 Å². The monoisotopic (exact) mass is 420 g/mol. The van der Waals surface area contributed by atoms with Crippen LogP contribution in [0, 0.1) is 11.3 Å². The molecule has 0 spiro atoms. The van der Waals surface area contributed by atoms with Crippen molar-refractivity contribution in [2.24, 2.45) is 10.2 Å². The van der Waals surface area contributed by atoms with Gasteiger partial charge < -0.3 is 4.90 Å². The maximum Gasteiger partial charge on any atom is 0.158 e. The highest BCUT2D eigenvalue weighted by Crippen LogP contribution is 2.40. The Hall–Kier alpha value is -2.94. The van der Waals surface area contributed by atoms with Gasteiger partial charge in [-0.15, -0.1) is 21.6 Å². The average molecular weight is 421 g/mol. The molecule has 0 aliphatic carbocycles. The van der Waals surface area contributed by atoms with Crippen molar-refractivity contribution in [2.75, 3.05) is 18.0 Å². The molecule has 0 atom stereocenters. The number of nitrogens with zero attached hydrogens (tertiary/aromatic N) is 4. The summed E-state index contributed by atoms with van der Waals surface area (Å²) in [6.07, 6.45) is 3.87. The van der Waals surface area contributed by atoms with E-state index in [0.717, 1.165) is 34.9 Å². The lowest BCUT2D eigenvalue weighted by Gasteiger charge is -2.20. The first kappa shape index (κ1) is 20.8. The first-order valence-corrected chi connectivity index (χ1v) is 10.6. The first-order chi connectivity index (χ1) is 14.2. The summed E-state index contributed by atoms with van der Waals surface area (Å²) in [7, 11) is 0.